The lowest BCUT2D eigenvalue weighted by Gasteiger charge is -2.08. The quantitative estimate of drug-likeness (QED) is 0.644. The van der Waals surface area contributed by atoms with Crippen LogP contribution >= 0.6 is 0 Å². The zero-order chi connectivity index (χ0) is 9.84. The fraction of sp³-hybridized carbons (Fsp3) is 0.444. The highest BCUT2D eigenvalue weighted by Gasteiger charge is 2.12. The zero-order valence-corrected chi connectivity index (χ0v) is 7.94. The van der Waals surface area contributed by atoms with Crippen LogP contribution < -0.4 is 0 Å². The van der Waals surface area contributed by atoms with Crippen molar-refractivity contribution >= 4 is 5.97 Å². The summed E-state index contributed by atoms with van der Waals surface area (Å²) in [4.78, 5) is 19.0. The lowest BCUT2D eigenvalue weighted by atomic mass is 10.2. The zero-order valence-electron chi connectivity index (χ0n) is 7.94. The third kappa shape index (κ3) is 2.50. The van der Waals surface area contributed by atoms with Crippen molar-refractivity contribution in [3.63, 3.8) is 0 Å². The molecular weight excluding hydrogens is 168 g/mol. The van der Waals surface area contributed by atoms with Crippen LogP contribution in [0.1, 0.15) is 29.9 Å². The van der Waals surface area contributed by atoms with E-state index in [1.807, 2.05) is 0 Å². The maximum atomic E-state index is 11.4. The van der Waals surface area contributed by atoms with Crippen molar-refractivity contribution in [1.29, 1.82) is 0 Å². The van der Waals surface area contributed by atoms with E-state index in [4.69, 9.17) is 4.74 Å². The largest absolute Gasteiger partial charge is 0.459 e. The van der Waals surface area contributed by atoms with E-state index >= 15 is 0 Å². The summed E-state index contributed by atoms with van der Waals surface area (Å²) in [6.07, 6.45) is 2.75. The number of hydrogen-bond donors (Lipinski definition) is 0. The van der Waals surface area contributed by atoms with Gasteiger partial charge in [0, 0.05) is 6.20 Å². The number of ether oxygens (including phenoxy) is 1. The molecule has 0 fully saturated rings. The van der Waals surface area contributed by atoms with E-state index in [0.717, 1.165) is 0 Å². The van der Waals surface area contributed by atoms with E-state index in [1.54, 1.807) is 20.8 Å². The molecule has 4 nitrogen and oxygen atoms in total. The molecule has 1 heterocycles. The number of nitrogens with zero attached hydrogens (tertiary/aromatic N) is 2. The normalized spacial score (nSPS) is 10.2. The highest BCUT2D eigenvalue weighted by Crippen LogP contribution is 2.05. The van der Waals surface area contributed by atoms with Crippen molar-refractivity contribution in [2.45, 2.75) is 26.9 Å². The van der Waals surface area contributed by atoms with Crippen molar-refractivity contribution < 1.29 is 9.53 Å². The fourth-order valence-corrected chi connectivity index (χ4v) is 0.869. The van der Waals surface area contributed by atoms with Crippen LogP contribution in [0.5, 0.6) is 0 Å². The molecule has 4 heteroatoms. The summed E-state index contributed by atoms with van der Waals surface area (Å²) < 4.78 is 5.00. The van der Waals surface area contributed by atoms with Gasteiger partial charge in [0.2, 0.25) is 0 Å². The van der Waals surface area contributed by atoms with E-state index in [9.17, 15) is 4.79 Å². The maximum Gasteiger partial charge on any atom is 0.341 e. The van der Waals surface area contributed by atoms with Gasteiger partial charge in [-0.1, -0.05) is 0 Å². The van der Waals surface area contributed by atoms with Gasteiger partial charge in [-0.3, -0.25) is 0 Å². The van der Waals surface area contributed by atoms with Crippen molar-refractivity contribution in [3.05, 3.63) is 23.8 Å². The minimum Gasteiger partial charge on any atom is -0.459 e. The highest BCUT2D eigenvalue weighted by molar-refractivity contribution is 5.90. The molecule has 0 aliphatic carbocycles. The van der Waals surface area contributed by atoms with Crippen LogP contribution in [-0.4, -0.2) is 22.0 Å². The molecule has 1 aromatic heterocycles. The number of hydrogen-bond acceptors (Lipinski definition) is 4. The first kappa shape index (κ1) is 9.64. The van der Waals surface area contributed by atoms with Gasteiger partial charge in [0.05, 0.1) is 17.4 Å². The number of rotatable bonds is 2. The van der Waals surface area contributed by atoms with E-state index in [0.29, 0.717) is 11.3 Å². The molecule has 13 heavy (non-hydrogen) atoms. The van der Waals surface area contributed by atoms with Crippen LogP contribution in [-0.2, 0) is 4.74 Å². The number of carbonyl (C=O) groups excluding carboxylic acids is 1. The van der Waals surface area contributed by atoms with Gasteiger partial charge >= 0.3 is 5.97 Å². The van der Waals surface area contributed by atoms with Crippen LogP contribution in [0.25, 0.3) is 0 Å². The summed E-state index contributed by atoms with van der Waals surface area (Å²) in [5.41, 5.74) is 1.07. The van der Waals surface area contributed by atoms with Crippen molar-refractivity contribution in [3.8, 4) is 0 Å². The second-order valence-corrected chi connectivity index (χ2v) is 2.98. The minimum atomic E-state index is -0.367. The molecule has 0 aromatic carbocycles. The standard InChI is InChI=1S/C9H12N2O2/c1-6(2)13-9(12)8-4-10-5-11-7(8)3/h4-6H,1-3H3. The number of aromatic nitrogens is 2. The van der Waals surface area contributed by atoms with E-state index in [-0.39, 0.29) is 12.1 Å². The van der Waals surface area contributed by atoms with Gasteiger partial charge in [0.1, 0.15) is 6.33 Å². The third-order valence-corrected chi connectivity index (χ3v) is 1.47. The number of aryl methyl sites for hydroxylation is 1. The van der Waals surface area contributed by atoms with Crippen LogP contribution in [0.3, 0.4) is 0 Å². The third-order valence-electron chi connectivity index (χ3n) is 1.47. The van der Waals surface area contributed by atoms with Gasteiger partial charge in [-0.25, -0.2) is 14.8 Å². The highest BCUT2D eigenvalue weighted by atomic mass is 16.5. The fourth-order valence-electron chi connectivity index (χ4n) is 0.869. The molecule has 0 radical (unpaired) electrons. The van der Waals surface area contributed by atoms with Crippen LogP contribution in [0.2, 0.25) is 0 Å². The average molecular weight is 180 g/mol. The molecule has 0 saturated heterocycles. The van der Waals surface area contributed by atoms with Crippen molar-refractivity contribution in [2.75, 3.05) is 0 Å². The molecule has 0 unspecified atom stereocenters. The molecule has 0 amide bonds. The summed E-state index contributed by atoms with van der Waals surface area (Å²) in [6.45, 7) is 5.35. The lowest BCUT2D eigenvalue weighted by Crippen LogP contribution is -2.13. The van der Waals surface area contributed by atoms with Crippen LogP contribution in [0, 0.1) is 6.92 Å². The Morgan fingerprint density at radius 3 is 2.77 bits per heavy atom. The van der Waals surface area contributed by atoms with Gasteiger partial charge in [0.25, 0.3) is 0 Å². The first-order valence-corrected chi connectivity index (χ1v) is 4.09. The molecule has 0 aliphatic heterocycles. The van der Waals surface area contributed by atoms with Crippen molar-refractivity contribution in [1.82, 2.24) is 9.97 Å². The van der Waals surface area contributed by atoms with Crippen molar-refractivity contribution in [2.24, 2.45) is 0 Å². The Labute approximate surface area is 77.0 Å². The van der Waals surface area contributed by atoms with Gasteiger partial charge in [-0.2, -0.15) is 0 Å². The van der Waals surface area contributed by atoms with Gasteiger partial charge in [0.15, 0.2) is 0 Å². The van der Waals surface area contributed by atoms with Gasteiger partial charge < -0.3 is 4.74 Å². The Balaban J connectivity index is 2.83. The molecule has 1 aromatic rings. The Hall–Kier alpha value is -1.45. The average Bonchev–Trinajstić information content (AvgIpc) is 2.03. The predicted molar refractivity (Wildman–Crippen MR) is 47.3 cm³/mol. The molecule has 70 valence electrons. The summed E-state index contributed by atoms with van der Waals surface area (Å²) in [5, 5.41) is 0. The van der Waals surface area contributed by atoms with E-state index in [2.05, 4.69) is 9.97 Å². The Morgan fingerprint density at radius 2 is 2.23 bits per heavy atom. The van der Waals surface area contributed by atoms with Crippen LogP contribution in [0.15, 0.2) is 12.5 Å². The second-order valence-electron chi connectivity index (χ2n) is 2.98. The molecule has 1 rings (SSSR count). The first-order chi connectivity index (χ1) is 6.11. The van der Waals surface area contributed by atoms with E-state index < -0.39 is 0 Å². The number of esters is 1. The van der Waals surface area contributed by atoms with Gasteiger partial charge in [-0.15, -0.1) is 0 Å². The molecule has 0 aliphatic rings. The summed E-state index contributed by atoms with van der Waals surface area (Å²) in [7, 11) is 0. The molecule has 0 saturated carbocycles. The maximum absolute atomic E-state index is 11.4. The molecule has 0 atom stereocenters. The molecular formula is C9H12N2O2. The van der Waals surface area contributed by atoms with Crippen LogP contribution in [0.4, 0.5) is 0 Å². The van der Waals surface area contributed by atoms with Gasteiger partial charge in [-0.05, 0) is 20.8 Å². The minimum absolute atomic E-state index is 0.118. The molecule has 0 spiro atoms. The Bertz CT molecular complexity index is 310. The second kappa shape index (κ2) is 3.98. The van der Waals surface area contributed by atoms with E-state index in [1.165, 1.54) is 12.5 Å². The summed E-state index contributed by atoms with van der Waals surface area (Å²) >= 11 is 0. The molecule has 0 bridgehead atoms. The topological polar surface area (TPSA) is 52.1 Å². The lowest BCUT2D eigenvalue weighted by molar-refractivity contribution is 0.0376. The first-order valence-electron chi connectivity index (χ1n) is 4.09. The Morgan fingerprint density at radius 1 is 1.54 bits per heavy atom. The number of carbonyl (C=O) groups is 1. The molecule has 0 N–H and O–H groups in total. The smallest absolute Gasteiger partial charge is 0.341 e. The SMILES string of the molecule is Cc1ncncc1C(=O)OC(C)C. The summed E-state index contributed by atoms with van der Waals surface area (Å²) in [6, 6.07) is 0. The Kier molecular flexibility index (Phi) is 2.95. The summed E-state index contributed by atoms with van der Waals surface area (Å²) in [5.74, 6) is -0.367. The monoisotopic (exact) mass is 180 g/mol. The predicted octanol–water partition coefficient (Wildman–Crippen LogP) is 1.35.